The summed E-state index contributed by atoms with van der Waals surface area (Å²) in [6.07, 6.45) is -1.12. The molecule has 1 aliphatic rings. The van der Waals surface area contributed by atoms with Crippen LogP contribution in [0, 0.1) is 0 Å². The zero-order valence-corrected chi connectivity index (χ0v) is 13.1. The lowest BCUT2D eigenvalue weighted by Crippen LogP contribution is -2.63. The van der Waals surface area contributed by atoms with Crippen LogP contribution in [0.5, 0.6) is 0 Å². The Morgan fingerprint density at radius 3 is 2.65 bits per heavy atom. The first-order chi connectivity index (χ1) is 10.7. The third-order valence-corrected chi connectivity index (χ3v) is 4.19. The summed E-state index contributed by atoms with van der Waals surface area (Å²) < 4.78 is 6.52. The lowest BCUT2D eigenvalue weighted by Gasteiger charge is -2.45. The molecule has 2 aromatic rings. The molecule has 2 amide bonds. The standard InChI is InChI=1S/C15H17N3O5/c1-15(2)8-17(12(19)7-18(15)13(20)21)9-4-5-10-11(6-9)23-14(22)16(10)3/h4-6H,7-8H2,1-3H3,(H,20,21). The molecule has 0 spiro atoms. The van der Waals surface area contributed by atoms with Gasteiger partial charge >= 0.3 is 11.8 Å². The van der Waals surface area contributed by atoms with E-state index in [1.54, 1.807) is 39.1 Å². The molecule has 122 valence electrons. The second kappa shape index (κ2) is 4.87. The first-order valence-corrected chi connectivity index (χ1v) is 7.11. The van der Waals surface area contributed by atoms with E-state index in [0.29, 0.717) is 16.8 Å². The molecule has 8 heteroatoms. The van der Waals surface area contributed by atoms with Crippen LogP contribution in [0.3, 0.4) is 0 Å². The topological polar surface area (TPSA) is 96.0 Å². The minimum Gasteiger partial charge on any atom is -0.465 e. The number of hydrogen-bond donors (Lipinski definition) is 1. The van der Waals surface area contributed by atoms with Gasteiger partial charge in [-0.05, 0) is 26.0 Å². The molecule has 0 aliphatic carbocycles. The Hall–Kier alpha value is -2.77. The minimum atomic E-state index is -1.12. The van der Waals surface area contributed by atoms with E-state index in [1.807, 2.05) is 0 Å². The number of carbonyl (C=O) groups excluding carboxylic acids is 1. The average molecular weight is 319 g/mol. The number of oxazole rings is 1. The Morgan fingerprint density at radius 1 is 1.30 bits per heavy atom. The molecule has 8 nitrogen and oxygen atoms in total. The first kappa shape index (κ1) is 15.1. The molecule has 0 saturated carbocycles. The Bertz CT molecular complexity index is 864. The SMILES string of the molecule is Cn1c(=O)oc2cc(N3CC(C)(C)N(C(=O)O)CC3=O)ccc21. The number of hydrogen-bond acceptors (Lipinski definition) is 4. The molecule has 0 unspecified atom stereocenters. The molecule has 1 fully saturated rings. The van der Waals surface area contributed by atoms with Crippen molar-refractivity contribution < 1.29 is 19.1 Å². The smallest absolute Gasteiger partial charge is 0.419 e. The third kappa shape index (κ3) is 2.36. The van der Waals surface area contributed by atoms with Crippen molar-refractivity contribution in [2.45, 2.75) is 19.4 Å². The van der Waals surface area contributed by atoms with Crippen molar-refractivity contribution in [1.82, 2.24) is 9.47 Å². The van der Waals surface area contributed by atoms with E-state index in [9.17, 15) is 19.5 Å². The lowest BCUT2D eigenvalue weighted by molar-refractivity contribution is -0.123. The summed E-state index contributed by atoms with van der Waals surface area (Å²) in [5, 5.41) is 9.23. The van der Waals surface area contributed by atoms with Crippen molar-refractivity contribution in [2.75, 3.05) is 18.0 Å². The van der Waals surface area contributed by atoms with Gasteiger partial charge in [0.25, 0.3) is 0 Å². The van der Waals surface area contributed by atoms with Crippen molar-refractivity contribution in [3.8, 4) is 0 Å². The highest BCUT2D eigenvalue weighted by Crippen LogP contribution is 2.28. The van der Waals surface area contributed by atoms with Gasteiger partial charge in [0.1, 0.15) is 6.54 Å². The van der Waals surface area contributed by atoms with Crippen LogP contribution in [0.1, 0.15) is 13.8 Å². The van der Waals surface area contributed by atoms with Gasteiger partial charge in [-0.25, -0.2) is 9.59 Å². The molecule has 0 radical (unpaired) electrons. The first-order valence-electron chi connectivity index (χ1n) is 7.11. The number of benzene rings is 1. The van der Waals surface area contributed by atoms with E-state index < -0.39 is 17.4 Å². The number of carbonyl (C=O) groups is 2. The molecule has 1 saturated heterocycles. The molecule has 1 aromatic carbocycles. The maximum Gasteiger partial charge on any atom is 0.419 e. The molecule has 3 rings (SSSR count). The van der Waals surface area contributed by atoms with Crippen LogP contribution in [0.4, 0.5) is 10.5 Å². The number of nitrogens with zero attached hydrogens (tertiary/aromatic N) is 3. The molecule has 23 heavy (non-hydrogen) atoms. The van der Waals surface area contributed by atoms with E-state index in [2.05, 4.69) is 0 Å². The van der Waals surface area contributed by atoms with Gasteiger partial charge in [-0.2, -0.15) is 0 Å². The van der Waals surface area contributed by atoms with Gasteiger partial charge in [0.15, 0.2) is 5.58 Å². The molecule has 2 heterocycles. The fraction of sp³-hybridized carbons (Fsp3) is 0.400. The third-order valence-electron chi connectivity index (χ3n) is 4.19. The number of aryl methyl sites for hydroxylation is 1. The van der Waals surface area contributed by atoms with Crippen LogP contribution in [0.15, 0.2) is 27.4 Å². The van der Waals surface area contributed by atoms with Crippen molar-refractivity contribution in [3.05, 3.63) is 28.7 Å². The highest BCUT2D eigenvalue weighted by atomic mass is 16.4. The predicted octanol–water partition coefficient (Wildman–Crippen LogP) is 1.24. The molecule has 1 aliphatic heterocycles. The van der Waals surface area contributed by atoms with Crippen molar-refractivity contribution in [1.29, 1.82) is 0 Å². The van der Waals surface area contributed by atoms with Gasteiger partial charge in [-0.3, -0.25) is 14.3 Å². The summed E-state index contributed by atoms with van der Waals surface area (Å²) in [5.41, 5.74) is 0.887. The van der Waals surface area contributed by atoms with E-state index in [4.69, 9.17) is 4.42 Å². The highest BCUT2D eigenvalue weighted by Gasteiger charge is 2.41. The van der Waals surface area contributed by atoms with Crippen LogP contribution in [-0.4, -0.2) is 45.2 Å². The number of fused-ring (bicyclic) bond motifs is 1. The van der Waals surface area contributed by atoms with Gasteiger partial charge in [0, 0.05) is 25.3 Å². The van der Waals surface area contributed by atoms with Gasteiger partial charge in [-0.1, -0.05) is 0 Å². The largest absolute Gasteiger partial charge is 0.465 e. The van der Waals surface area contributed by atoms with E-state index in [0.717, 1.165) is 4.90 Å². The monoisotopic (exact) mass is 319 g/mol. The molecule has 0 bridgehead atoms. The van der Waals surface area contributed by atoms with Crippen LogP contribution in [0.2, 0.25) is 0 Å². The number of carboxylic acid groups (broad SMARTS) is 1. The van der Waals surface area contributed by atoms with Gasteiger partial charge in [0.05, 0.1) is 11.1 Å². The van der Waals surface area contributed by atoms with Gasteiger partial charge < -0.3 is 14.4 Å². The minimum absolute atomic E-state index is 0.209. The van der Waals surface area contributed by atoms with Crippen LogP contribution in [-0.2, 0) is 11.8 Å². The van der Waals surface area contributed by atoms with Crippen LogP contribution in [0.25, 0.3) is 11.1 Å². The van der Waals surface area contributed by atoms with E-state index in [-0.39, 0.29) is 19.0 Å². The van der Waals surface area contributed by atoms with E-state index >= 15 is 0 Å². The second-order valence-electron chi connectivity index (χ2n) is 6.24. The van der Waals surface area contributed by atoms with E-state index in [1.165, 1.54) is 9.47 Å². The normalized spacial score (nSPS) is 17.8. The van der Waals surface area contributed by atoms with Crippen LogP contribution >= 0.6 is 0 Å². The zero-order chi connectivity index (χ0) is 16.9. The van der Waals surface area contributed by atoms with Gasteiger partial charge in [0.2, 0.25) is 5.91 Å². The van der Waals surface area contributed by atoms with Crippen molar-refractivity contribution in [3.63, 3.8) is 0 Å². The number of piperazine rings is 1. The number of amides is 2. The summed E-state index contributed by atoms with van der Waals surface area (Å²) in [7, 11) is 1.60. The Kier molecular flexibility index (Phi) is 3.20. The van der Waals surface area contributed by atoms with Crippen molar-refractivity contribution >= 4 is 28.8 Å². The predicted molar refractivity (Wildman–Crippen MR) is 82.6 cm³/mol. The Balaban J connectivity index is 2.00. The lowest BCUT2D eigenvalue weighted by atomic mass is 9.98. The fourth-order valence-electron chi connectivity index (χ4n) is 2.85. The number of anilines is 1. The summed E-state index contributed by atoms with van der Waals surface area (Å²) in [4.78, 5) is 37.8. The fourth-order valence-corrected chi connectivity index (χ4v) is 2.85. The molecular formula is C15H17N3O5. The Morgan fingerprint density at radius 2 is 2.00 bits per heavy atom. The number of rotatable bonds is 1. The second-order valence-corrected chi connectivity index (χ2v) is 6.24. The summed E-state index contributed by atoms with van der Waals surface area (Å²) in [6, 6.07) is 5.06. The molecule has 1 aromatic heterocycles. The maximum absolute atomic E-state index is 12.3. The van der Waals surface area contributed by atoms with Crippen molar-refractivity contribution in [2.24, 2.45) is 7.05 Å². The molecular weight excluding hydrogens is 302 g/mol. The summed E-state index contributed by atoms with van der Waals surface area (Å²) in [6.45, 7) is 3.54. The average Bonchev–Trinajstić information content (AvgIpc) is 2.75. The molecule has 1 N–H and O–H groups in total. The quantitative estimate of drug-likeness (QED) is 0.853. The highest BCUT2D eigenvalue weighted by molar-refractivity contribution is 5.99. The summed E-state index contributed by atoms with van der Waals surface area (Å²) >= 11 is 0. The number of aromatic nitrogens is 1. The van der Waals surface area contributed by atoms with Crippen LogP contribution < -0.4 is 10.7 Å². The molecule has 0 atom stereocenters. The summed E-state index contributed by atoms with van der Waals surface area (Å²) in [5.74, 6) is -0.788. The zero-order valence-electron chi connectivity index (χ0n) is 13.1. The van der Waals surface area contributed by atoms with Gasteiger partial charge in [-0.15, -0.1) is 0 Å². The maximum atomic E-state index is 12.3. The Labute approximate surface area is 131 Å².